The second-order valence-corrected chi connectivity index (χ2v) is 7.02. The summed E-state index contributed by atoms with van der Waals surface area (Å²) in [7, 11) is 0. The monoisotopic (exact) mass is 414 g/mol. The third kappa shape index (κ3) is 4.81. The fraction of sp³-hybridized carbons (Fsp3) is 0.333. The van der Waals surface area contributed by atoms with Gasteiger partial charge in [-0.25, -0.2) is 0 Å². The number of benzene rings is 2. The number of morpholine rings is 1. The van der Waals surface area contributed by atoms with Crippen molar-refractivity contribution in [3.8, 4) is 17.1 Å². The Morgan fingerprint density at radius 1 is 1.14 bits per heavy atom. The van der Waals surface area contributed by atoms with E-state index in [4.69, 9.17) is 25.6 Å². The Morgan fingerprint density at radius 3 is 2.69 bits per heavy atom. The van der Waals surface area contributed by atoms with E-state index in [1.54, 1.807) is 0 Å². The molecule has 0 saturated carbocycles. The van der Waals surface area contributed by atoms with Gasteiger partial charge in [-0.15, -0.1) is 0 Å². The molecule has 4 rings (SSSR count). The summed E-state index contributed by atoms with van der Waals surface area (Å²) in [5.41, 5.74) is 2.89. The zero-order chi connectivity index (χ0) is 20.1. The third-order valence-corrected chi connectivity index (χ3v) is 4.87. The Morgan fingerprint density at radius 2 is 1.93 bits per heavy atom. The lowest BCUT2D eigenvalue weighted by Crippen LogP contribution is -2.36. The van der Waals surface area contributed by atoms with Gasteiger partial charge in [-0.2, -0.15) is 4.98 Å². The van der Waals surface area contributed by atoms with E-state index < -0.39 is 0 Å². The second kappa shape index (κ2) is 9.15. The number of aromatic nitrogens is 2. The van der Waals surface area contributed by atoms with Gasteiger partial charge in [0.15, 0.2) is 0 Å². The Kier molecular flexibility index (Phi) is 6.17. The number of rotatable bonds is 7. The minimum Gasteiger partial charge on any atom is -0.494 e. The van der Waals surface area contributed by atoms with Crippen LogP contribution >= 0.6 is 11.6 Å². The maximum absolute atomic E-state index is 6.21. The Labute approximate surface area is 174 Å². The minimum absolute atomic E-state index is 0.404. The first-order valence-corrected chi connectivity index (χ1v) is 10.0. The maximum atomic E-state index is 6.21. The highest BCUT2D eigenvalue weighted by Crippen LogP contribution is 2.30. The number of hydrogen-bond donors (Lipinski definition) is 1. The SMILES string of the molecule is CCOc1ccc(-c2noc(CNc3cc(Cl)ccc3N3CCOCC3)n2)cc1. The molecule has 1 aliphatic heterocycles. The number of anilines is 2. The van der Waals surface area contributed by atoms with Crippen molar-refractivity contribution in [2.24, 2.45) is 0 Å². The molecule has 0 bridgehead atoms. The lowest BCUT2D eigenvalue weighted by atomic mass is 10.2. The molecule has 152 valence electrons. The summed E-state index contributed by atoms with van der Waals surface area (Å²) in [6.07, 6.45) is 0. The molecule has 8 heteroatoms. The van der Waals surface area contributed by atoms with Crippen LogP contribution in [0.2, 0.25) is 5.02 Å². The first-order chi connectivity index (χ1) is 14.2. The summed E-state index contributed by atoms with van der Waals surface area (Å²) in [6.45, 7) is 6.12. The summed E-state index contributed by atoms with van der Waals surface area (Å²) in [4.78, 5) is 6.77. The lowest BCUT2D eigenvalue weighted by Gasteiger charge is -2.30. The number of hydrogen-bond acceptors (Lipinski definition) is 7. The largest absolute Gasteiger partial charge is 0.494 e. The van der Waals surface area contributed by atoms with E-state index >= 15 is 0 Å². The molecule has 0 atom stereocenters. The van der Waals surface area contributed by atoms with Gasteiger partial charge in [-0.3, -0.25) is 0 Å². The summed E-state index contributed by atoms with van der Waals surface area (Å²) in [5.74, 6) is 1.87. The van der Waals surface area contributed by atoms with Crippen LogP contribution in [0.5, 0.6) is 5.75 Å². The van der Waals surface area contributed by atoms with E-state index in [0.717, 1.165) is 49.0 Å². The Hall–Kier alpha value is -2.77. The van der Waals surface area contributed by atoms with Crippen LogP contribution < -0.4 is 15.0 Å². The fourth-order valence-corrected chi connectivity index (χ4v) is 3.38. The highest BCUT2D eigenvalue weighted by Gasteiger charge is 2.16. The van der Waals surface area contributed by atoms with Gasteiger partial charge in [0, 0.05) is 23.7 Å². The quantitative estimate of drug-likeness (QED) is 0.619. The molecule has 1 N–H and O–H groups in total. The van der Waals surface area contributed by atoms with Crippen molar-refractivity contribution in [3.63, 3.8) is 0 Å². The number of ether oxygens (including phenoxy) is 2. The van der Waals surface area contributed by atoms with Crippen molar-refractivity contribution in [2.45, 2.75) is 13.5 Å². The van der Waals surface area contributed by atoms with Gasteiger partial charge in [0.25, 0.3) is 0 Å². The Bertz CT molecular complexity index is 939. The molecule has 3 aromatic rings. The van der Waals surface area contributed by atoms with Crippen LogP contribution in [0.25, 0.3) is 11.4 Å². The van der Waals surface area contributed by atoms with Crippen LogP contribution in [0.3, 0.4) is 0 Å². The summed E-state index contributed by atoms with van der Waals surface area (Å²) in [5, 5.41) is 8.13. The summed E-state index contributed by atoms with van der Waals surface area (Å²) >= 11 is 6.21. The second-order valence-electron chi connectivity index (χ2n) is 6.58. The first-order valence-electron chi connectivity index (χ1n) is 9.65. The van der Waals surface area contributed by atoms with Gasteiger partial charge >= 0.3 is 0 Å². The van der Waals surface area contributed by atoms with Crippen molar-refractivity contribution >= 4 is 23.0 Å². The van der Waals surface area contributed by atoms with E-state index in [-0.39, 0.29) is 0 Å². The molecule has 1 fully saturated rings. The molecule has 2 aromatic carbocycles. The van der Waals surface area contributed by atoms with Gasteiger partial charge in [-0.05, 0) is 49.4 Å². The number of nitrogens with one attached hydrogen (secondary N) is 1. The van der Waals surface area contributed by atoms with Gasteiger partial charge < -0.3 is 24.2 Å². The van der Waals surface area contributed by atoms with Crippen LogP contribution in [0.4, 0.5) is 11.4 Å². The molecule has 0 radical (unpaired) electrons. The van der Waals surface area contributed by atoms with Crippen molar-refractivity contribution in [1.82, 2.24) is 10.1 Å². The van der Waals surface area contributed by atoms with Crippen LogP contribution in [0, 0.1) is 0 Å². The van der Waals surface area contributed by atoms with Crippen molar-refractivity contribution in [3.05, 3.63) is 53.4 Å². The van der Waals surface area contributed by atoms with Gasteiger partial charge in [0.05, 0.1) is 37.7 Å². The minimum atomic E-state index is 0.404. The standard InChI is InChI=1S/C21H23ClN4O3/c1-2-28-17-6-3-15(4-7-17)21-24-20(29-25-21)14-23-18-13-16(22)5-8-19(18)26-9-11-27-12-10-26/h3-8,13,23H,2,9-12,14H2,1H3. The summed E-state index contributed by atoms with van der Waals surface area (Å²) in [6, 6.07) is 13.5. The first kappa shape index (κ1) is 19.5. The smallest absolute Gasteiger partial charge is 0.246 e. The lowest BCUT2D eigenvalue weighted by molar-refractivity contribution is 0.123. The molecule has 1 aromatic heterocycles. The van der Waals surface area contributed by atoms with Crippen LogP contribution in [0.1, 0.15) is 12.8 Å². The molecule has 1 saturated heterocycles. The zero-order valence-corrected chi connectivity index (χ0v) is 17.0. The van der Waals surface area contributed by atoms with Crippen molar-refractivity contribution in [2.75, 3.05) is 43.1 Å². The van der Waals surface area contributed by atoms with E-state index in [0.29, 0.717) is 29.9 Å². The molecule has 0 amide bonds. The van der Waals surface area contributed by atoms with Crippen molar-refractivity contribution in [1.29, 1.82) is 0 Å². The van der Waals surface area contributed by atoms with Crippen LogP contribution in [-0.2, 0) is 11.3 Å². The molecule has 0 aliphatic carbocycles. The topological polar surface area (TPSA) is 72.7 Å². The number of nitrogens with zero attached hydrogens (tertiary/aromatic N) is 3. The molecule has 1 aliphatic rings. The average Bonchev–Trinajstić information content (AvgIpc) is 3.23. The van der Waals surface area contributed by atoms with Crippen LogP contribution in [0.15, 0.2) is 47.0 Å². The highest BCUT2D eigenvalue weighted by atomic mass is 35.5. The van der Waals surface area contributed by atoms with Crippen LogP contribution in [-0.4, -0.2) is 43.1 Å². The molecular formula is C21H23ClN4O3. The van der Waals surface area contributed by atoms with E-state index in [9.17, 15) is 0 Å². The molecule has 0 unspecified atom stereocenters. The maximum Gasteiger partial charge on any atom is 0.246 e. The Balaban J connectivity index is 1.45. The molecular weight excluding hydrogens is 392 g/mol. The van der Waals surface area contributed by atoms with E-state index in [2.05, 4.69) is 20.4 Å². The average molecular weight is 415 g/mol. The number of halogens is 1. The zero-order valence-electron chi connectivity index (χ0n) is 16.2. The molecule has 7 nitrogen and oxygen atoms in total. The predicted octanol–water partition coefficient (Wildman–Crippen LogP) is 4.24. The molecule has 0 spiro atoms. The summed E-state index contributed by atoms with van der Waals surface area (Å²) < 4.78 is 16.3. The van der Waals surface area contributed by atoms with E-state index in [1.165, 1.54) is 0 Å². The fourth-order valence-electron chi connectivity index (χ4n) is 3.21. The van der Waals surface area contributed by atoms with Gasteiger partial charge in [0.2, 0.25) is 11.7 Å². The molecule has 2 heterocycles. The normalized spacial score (nSPS) is 14.1. The van der Waals surface area contributed by atoms with Gasteiger partial charge in [-0.1, -0.05) is 16.8 Å². The highest BCUT2D eigenvalue weighted by molar-refractivity contribution is 6.31. The van der Waals surface area contributed by atoms with E-state index in [1.807, 2.05) is 49.4 Å². The third-order valence-electron chi connectivity index (χ3n) is 4.63. The molecule has 29 heavy (non-hydrogen) atoms. The van der Waals surface area contributed by atoms with Crippen molar-refractivity contribution < 1.29 is 14.0 Å². The van der Waals surface area contributed by atoms with Gasteiger partial charge in [0.1, 0.15) is 5.75 Å². The predicted molar refractivity (Wildman–Crippen MR) is 113 cm³/mol.